The fraction of sp³-hybridized carbons (Fsp3) is 0.583. The Bertz CT molecular complexity index is 413. The summed E-state index contributed by atoms with van der Waals surface area (Å²) >= 11 is 5.12. The van der Waals surface area contributed by atoms with Crippen LogP contribution in [0.15, 0.2) is 10.5 Å². The van der Waals surface area contributed by atoms with Gasteiger partial charge in [0.05, 0.1) is 4.88 Å². The molecule has 15 heavy (non-hydrogen) atoms. The van der Waals surface area contributed by atoms with Gasteiger partial charge in [-0.1, -0.05) is 6.42 Å². The lowest BCUT2D eigenvalue weighted by Crippen LogP contribution is -2.04. The van der Waals surface area contributed by atoms with Gasteiger partial charge in [-0.05, 0) is 53.6 Å². The molecule has 2 unspecified atom stereocenters. The van der Waals surface area contributed by atoms with Crippen molar-refractivity contribution in [1.29, 1.82) is 0 Å². The van der Waals surface area contributed by atoms with E-state index >= 15 is 0 Å². The number of halogens is 1. The van der Waals surface area contributed by atoms with Crippen LogP contribution >= 0.6 is 27.3 Å². The predicted octanol–water partition coefficient (Wildman–Crippen LogP) is 4.05. The second kappa shape index (κ2) is 3.42. The molecule has 3 heteroatoms. The molecule has 2 aliphatic rings. The summed E-state index contributed by atoms with van der Waals surface area (Å²) < 4.78 is 1.000. The zero-order valence-corrected chi connectivity index (χ0v) is 11.0. The lowest BCUT2D eigenvalue weighted by Gasteiger charge is -2.00. The van der Waals surface area contributed by atoms with Crippen molar-refractivity contribution in [3.63, 3.8) is 0 Å². The summed E-state index contributed by atoms with van der Waals surface area (Å²) in [7, 11) is 0. The van der Waals surface area contributed by atoms with E-state index in [2.05, 4.69) is 28.9 Å². The molecule has 2 saturated carbocycles. The number of carbonyl (C=O) groups excluding carboxylic acids is 1. The molecular formula is C12H13BrOS. The Labute approximate surface area is 102 Å². The van der Waals surface area contributed by atoms with Crippen molar-refractivity contribution in [3.05, 3.63) is 20.3 Å². The highest BCUT2D eigenvalue weighted by Gasteiger charge is 2.56. The van der Waals surface area contributed by atoms with Crippen molar-refractivity contribution in [2.45, 2.75) is 26.2 Å². The number of fused-ring (bicyclic) bond motifs is 1. The predicted molar refractivity (Wildman–Crippen MR) is 65.4 cm³/mol. The van der Waals surface area contributed by atoms with Crippen LogP contribution in [0, 0.1) is 24.7 Å². The molecule has 0 radical (unpaired) electrons. The third kappa shape index (κ3) is 1.51. The van der Waals surface area contributed by atoms with E-state index in [-0.39, 0.29) is 0 Å². The topological polar surface area (TPSA) is 17.1 Å². The van der Waals surface area contributed by atoms with Crippen LogP contribution in [0.3, 0.4) is 0 Å². The summed E-state index contributed by atoms with van der Waals surface area (Å²) in [5.41, 5.74) is 0. The Morgan fingerprint density at radius 3 is 2.67 bits per heavy atom. The summed E-state index contributed by atoms with van der Waals surface area (Å²) in [5.74, 6) is 2.22. The van der Waals surface area contributed by atoms with E-state index in [1.54, 1.807) is 11.3 Å². The third-order valence-corrected chi connectivity index (χ3v) is 5.70. The standard InChI is InChI=1S/C12H13BrOS/c1-6-5-9(13)12(15-6)11(14)10-7-3-2-4-8(7)10/h5,7-8,10H,2-4H2,1H3. The molecule has 0 saturated heterocycles. The molecule has 1 aromatic rings. The van der Waals surface area contributed by atoms with Crippen molar-refractivity contribution in [2.75, 3.05) is 0 Å². The number of rotatable bonds is 2. The summed E-state index contributed by atoms with van der Waals surface area (Å²) in [6.07, 6.45) is 3.90. The smallest absolute Gasteiger partial charge is 0.177 e. The first-order valence-corrected chi connectivity index (χ1v) is 7.09. The van der Waals surface area contributed by atoms with E-state index in [9.17, 15) is 4.79 Å². The van der Waals surface area contributed by atoms with E-state index in [1.807, 2.05) is 0 Å². The number of hydrogen-bond donors (Lipinski definition) is 0. The van der Waals surface area contributed by atoms with Gasteiger partial charge in [0.2, 0.25) is 0 Å². The Balaban J connectivity index is 1.84. The molecule has 2 aliphatic carbocycles. The molecule has 0 aromatic carbocycles. The zero-order chi connectivity index (χ0) is 10.6. The lowest BCUT2D eigenvalue weighted by atomic mass is 10.1. The number of Topliss-reactive ketones (excluding diaryl/α,β-unsaturated/α-hetero) is 1. The Morgan fingerprint density at radius 2 is 2.13 bits per heavy atom. The van der Waals surface area contributed by atoms with Crippen LogP contribution in [0.4, 0.5) is 0 Å². The second-order valence-corrected chi connectivity index (χ2v) is 6.79. The molecule has 0 bridgehead atoms. The first kappa shape index (κ1) is 10.0. The van der Waals surface area contributed by atoms with Gasteiger partial charge in [-0.15, -0.1) is 11.3 Å². The highest BCUT2D eigenvalue weighted by Crippen LogP contribution is 2.59. The molecule has 3 rings (SSSR count). The highest BCUT2D eigenvalue weighted by atomic mass is 79.9. The van der Waals surface area contributed by atoms with Crippen LogP contribution in [-0.4, -0.2) is 5.78 Å². The SMILES string of the molecule is Cc1cc(Br)c(C(=O)C2C3CCCC32)s1. The van der Waals surface area contributed by atoms with Gasteiger partial charge in [0, 0.05) is 15.3 Å². The Hall–Kier alpha value is -0.150. The van der Waals surface area contributed by atoms with Gasteiger partial charge in [0.1, 0.15) is 0 Å². The fourth-order valence-electron chi connectivity index (χ4n) is 3.01. The first-order chi connectivity index (χ1) is 7.18. The number of carbonyl (C=O) groups is 1. The van der Waals surface area contributed by atoms with Crippen LogP contribution in [0.1, 0.15) is 33.8 Å². The van der Waals surface area contributed by atoms with E-state index in [1.165, 1.54) is 24.1 Å². The largest absolute Gasteiger partial charge is 0.293 e. The van der Waals surface area contributed by atoms with E-state index < -0.39 is 0 Å². The molecule has 80 valence electrons. The maximum absolute atomic E-state index is 12.2. The van der Waals surface area contributed by atoms with E-state index in [0.717, 1.165) is 21.2 Å². The third-order valence-electron chi connectivity index (χ3n) is 3.74. The van der Waals surface area contributed by atoms with Crippen molar-refractivity contribution < 1.29 is 4.79 Å². The molecule has 0 aliphatic heterocycles. The molecule has 1 heterocycles. The van der Waals surface area contributed by atoms with Crippen LogP contribution in [-0.2, 0) is 0 Å². The Kier molecular flexibility index (Phi) is 2.29. The van der Waals surface area contributed by atoms with Gasteiger partial charge in [-0.2, -0.15) is 0 Å². The number of ketones is 1. The molecular weight excluding hydrogens is 272 g/mol. The van der Waals surface area contributed by atoms with E-state index in [0.29, 0.717) is 11.7 Å². The number of hydrogen-bond acceptors (Lipinski definition) is 2. The second-order valence-electron chi connectivity index (χ2n) is 4.68. The summed E-state index contributed by atoms with van der Waals surface area (Å²) in [6, 6.07) is 2.05. The van der Waals surface area contributed by atoms with Gasteiger partial charge in [0.25, 0.3) is 0 Å². The maximum atomic E-state index is 12.2. The lowest BCUT2D eigenvalue weighted by molar-refractivity contribution is 0.0955. The molecule has 2 atom stereocenters. The molecule has 1 aromatic heterocycles. The van der Waals surface area contributed by atoms with Gasteiger partial charge >= 0.3 is 0 Å². The van der Waals surface area contributed by atoms with Gasteiger partial charge in [-0.3, -0.25) is 4.79 Å². The minimum Gasteiger partial charge on any atom is -0.293 e. The van der Waals surface area contributed by atoms with Crippen molar-refractivity contribution >= 4 is 33.0 Å². The average Bonchev–Trinajstić information content (AvgIpc) is 2.58. The molecule has 0 spiro atoms. The Morgan fingerprint density at radius 1 is 1.47 bits per heavy atom. The highest BCUT2D eigenvalue weighted by molar-refractivity contribution is 9.10. The van der Waals surface area contributed by atoms with Crippen molar-refractivity contribution in [1.82, 2.24) is 0 Å². The minimum absolute atomic E-state index is 0.369. The van der Waals surface area contributed by atoms with Crippen molar-refractivity contribution in [3.8, 4) is 0 Å². The van der Waals surface area contributed by atoms with Gasteiger partial charge < -0.3 is 0 Å². The summed E-state index contributed by atoms with van der Waals surface area (Å²) in [5, 5.41) is 0. The van der Waals surface area contributed by atoms with Gasteiger partial charge in [0.15, 0.2) is 5.78 Å². The average molecular weight is 285 g/mol. The zero-order valence-electron chi connectivity index (χ0n) is 8.63. The number of thiophene rings is 1. The fourth-order valence-corrected chi connectivity index (χ4v) is 4.84. The number of aryl methyl sites for hydroxylation is 1. The monoisotopic (exact) mass is 284 g/mol. The van der Waals surface area contributed by atoms with Crippen LogP contribution in [0.2, 0.25) is 0 Å². The quantitative estimate of drug-likeness (QED) is 0.749. The normalized spacial score (nSPS) is 32.8. The first-order valence-electron chi connectivity index (χ1n) is 5.48. The minimum atomic E-state index is 0.369. The summed E-state index contributed by atoms with van der Waals surface area (Å²) in [4.78, 5) is 14.4. The van der Waals surface area contributed by atoms with Crippen LogP contribution in [0.25, 0.3) is 0 Å². The molecule has 0 N–H and O–H groups in total. The summed E-state index contributed by atoms with van der Waals surface area (Å²) in [6.45, 7) is 2.06. The van der Waals surface area contributed by atoms with Crippen molar-refractivity contribution in [2.24, 2.45) is 17.8 Å². The maximum Gasteiger partial charge on any atom is 0.177 e. The molecule has 0 amide bonds. The van der Waals surface area contributed by atoms with E-state index in [4.69, 9.17) is 0 Å². The van der Waals surface area contributed by atoms with Crippen LogP contribution in [0.5, 0.6) is 0 Å². The van der Waals surface area contributed by atoms with Crippen LogP contribution < -0.4 is 0 Å². The molecule has 2 fully saturated rings. The molecule has 1 nitrogen and oxygen atoms in total. The van der Waals surface area contributed by atoms with Gasteiger partial charge in [-0.25, -0.2) is 0 Å².